The maximum Gasteiger partial charge on any atom is 0.304 e. The van der Waals surface area contributed by atoms with Crippen molar-refractivity contribution < 1.29 is 18.3 Å². The van der Waals surface area contributed by atoms with Crippen LogP contribution in [-0.2, 0) is 14.8 Å². The number of carboxylic acids is 1. The third-order valence-corrected chi connectivity index (χ3v) is 5.49. The van der Waals surface area contributed by atoms with Gasteiger partial charge in [-0.2, -0.15) is 0 Å². The smallest absolute Gasteiger partial charge is 0.304 e. The molecule has 0 amide bonds. The molecule has 1 rings (SSSR count). The second kappa shape index (κ2) is 6.52. The SMILES string of the molecule is CC(C)C(CC(=O)O)NS(=O)(=O)C1CCCCC1. The van der Waals surface area contributed by atoms with Crippen molar-refractivity contribution in [3.8, 4) is 0 Å². The van der Waals surface area contributed by atoms with Crippen LogP contribution in [0.25, 0.3) is 0 Å². The first-order chi connectivity index (χ1) is 8.33. The molecule has 2 N–H and O–H groups in total. The van der Waals surface area contributed by atoms with Crippen LogP contribution >= 0.6 is 0 Å². The number of rotatable bonds is 6. The molecule has 5 nitrogen and oxygen atoms in total. The minimum absolute atomic E-state index is 0.0283. The summed E-state index contributed by atoms with van der Waals surface area (Å²) in [7, 11) is -3.39. The highest BCUT2D eigenvalue weighted by Gasteiger charge is 2.31. The minimum Gasteiger partial charge on any atom is -0.481 e. The van der Waals surface area contributed by atoms with Gasteiger partial charge in [0.2, 0.25) is 10.0 Å². The lowest BCUT2D eigenvalue weighted by atomic mass is 10.0. The number of carboxylic acid groups (broad SMARTS) is 1. The number of aliphatic carboxylic acids is 1. The lowest BCUT2D eigenvalue weighted by molar-refractivity contribution is -0.137. The van der Waals surface area contributed by atoms with Crippen LogP contribution in [0.2, 0.25) is 0 Å². The van der Waals surface area contributed by atoms with E-state index in [0.717, 1.165) is 19.3 Å². The first kappa shape index (κ1) is 15.4. The lowest BCUT2D eigenvalue weighted by Crippen LogP contribution is -2.45. The van der Waals surface area contributed by atoms with Crippen molar-refractivity contribution in [2.75, 3.05) is 0 Å². The zero-order valence-electron chi connectivity index (χ0n) is 11.1. The molecule has 1 unspecified atom stereocenters. The van der Waals surface area contributed by atoms with Crippen LogP contribution in [0, 0.1) is 5.92 Å². The van der Waals surface area contributed by atoms with Gasteiger partial charge in [-0.25, -0.2) is 13.1 Å². The normalized spacial score (nSPS) is 19.9. The highest BCUT2D eigenvalue weighted by atomic mass is 32.2. The van der Waals surface area contributed by atoms with E-state index in [4.69, 9.17) is 5.11 Å². The summed E-state index contributed by atoms with van der Waals surface area (Å²) >= 11 is 0. The van der Waals surface area contributed by atoms with E-state index < -0.39 is 22.0 Å². The first-order valence-electron chi connectivity index (χ1n) is 6.56. The molecule has 1 fully saturated rings. The zero-order valence-corrected chi connectivity index (χ0v) is 11.9. The number of carbonyl (C=O) groups is 1. The fourth-order valence-electron chi connectivity index (χ4n) is 2.28. The monoisotopic (exact) mass is 277 g/mol. The quantitative estimate of drug-likeness (QED) is 0.774. The molecule has 0 radical (unpaired) electrons. The van der Waals surface area contributed by atoms with Crippen LogP contribution < -0.4 is 4.72 Å². The average molecular weight is 277 g/mol. The van der Waals surface area contributed by atoms with Crippen LogP contribution in [0.3, 0.4) is 0 Å². The fourth-order valence-corrected chi connectivity index (χ4v) is 4.21. The summed E-state index contributed by atoms with van der Waals surface area (Å²) in [5, 5.41) is 8.46. The zero-order chi connectivity index (χ0) is 13.8. The van der Waals surface area contributed by atoms with Gasteiger partial charge >= 0.3 is 5.97 Å². The molecule has 1 aliphatic rings. The molecule has 106 valence electrons. The van der Waals surface area contributed by atoms with E-state index in [-0.39, 0.29) is 17.6 Å². The maximum absolute atomic E-state index is 12.2. The molecule has 6 heteroatoms. The molecular formula is C12H23NO4S. The van der Waals surface area contributed by atoms with E-state index in [1.807, 2.05) is 13.8 Å². The molecule has 1 saturated carbocycles. The molecule has 0 heterocycles. The lowest BCUT2D eigenvalue weighted by Gasteiger charge is -2.26. The Bertz CT molecular complexity index is 372. The Hall–Kier alpha value is -0.620. The van der Waals surface area contributed by atoms with Crippen molar-refractivity contribution >= 4 is 16.0 Å². The maximum atomic E-state index is 12.2. The Morgan fingerprint density at radius 1 is 1.28 bits per heavy atom. The van der Waals surface area contributed by atoms with Crippen molar-refractivity contribution in [1.29, 1.82) is 0 Å². The van der Waals surface area contributed by atoms with Crippen molar-refractivity contribution in [3.63, 3.8) is 0 Å². The minimum atomic E-state index is -3.39. The summed E-state index contributed by atoms with van der Waals surface area (Å²) in [6, 6.07) is -0.519. The van der Waals surface area contributed by atoms with Gasteiger partial charge in [-0.1, -0.05) is 33.1 Å². The molecule has 0 aromatic rings. The summed E-state index contributed by atoms with van der Waals surface area (Å²) in [5.41, 5.74) is 0. The molecule has 0 bridgehead atoms. The average Bonchev–Trinajstić information content (AvgIpc) is 2.28. The third kappa shape index (κ3) is 4.57. The molecule has 0 aromatic carbocycles. The van der Waals surface area contributed by atoms with Gasteiger partial charge in [0.1, 0.15) is 0 Å². The first-order valence-corrected chi connectivity index (χ1v) is 8.10. The Kier molecular flexibility index (Phi) is 5.59. The van der Waals surface area contributed by atoms with Gasteiger partial charge in [0, 0.05) is 6.04 Å². The van der Waals surface area contributed by atoms with E-state index in [1.54, 1.807) is 0 Å². The Balaban J connectivity index is 2.68. The second-order valence-electron chi connectivity index (χ2n) is 5.37. The van der Waals surface area contributed by atoms with Gasteiger partial charge in [0.05, 0.1) is 11.7 Å². The molecule has 1 atom stereocenters. The summed E-state index contributed by atoms with van der Waals surface area (Å²) < 4.78 is 26.9. The summed E-state index contributed by atoms with van der Waals surface area (Å²) in [5.74, 6) is -1.00. The van der Waals surface area contributed by atoms with E-state index in [9.17, 15) is 13.2 Å². The number of hydrogen-bond donors (Lipinski definition) is 2. The van der Waals surface area contributed by atoms with E-state index in [0.29, 0.717) is 12.8 Å². The largest absolute Gasteiger partial charge is 0.481 e. The number of sulfonamides is 1. The molecule has 0 aliphatic heterocycles. The highest BCUT2D eigenvalue weighted by molar-refractivity contribution is 7.90. The van der Waals surface area contributed by atoms with Gasteiger partial charge in [-0.15, -0.1) is 0 Å². The Morgan fingerprint density at radius 2 is 1.83 bits per heavy atom. The predicted molar refractivity (Wildman–Crippen MR) is 69.8 cm³/mol. The Labute approximate surface area is 109 Å². The molecule has 18 heavy (non-hydrogen) atoms. The topological polar surface area (TPSA) is 83.5 Å². The van der Waals surface area contributed by atoms with Crippen LogP contribution in [-0.4, -0.2) is 30.8 Å². The van der Waals surface area contributed by atoms with E-state index >= 15 is 0 Å². The fraction of sp³-hybridized carbons (Fsp3) is 0.917. The second-order valence-corrected chi connectivity index (χ2v) is 7.36. The van der Waals surface area contributed by atoms with Crippen LogP contribution in [0.15, 0.2) is 0 Å². The van der Waals surface area contributed by atoms with Crippen molar-refractivity contribution in [2.45, 2.75) is 63.7 Å². The van der Waals surface area contributed by atoms with Gasteiger partial charge < -0.3 is 5.11 Å². The summed E-state index contributed by atoms with van der Waals surface area (Å²) in [6.45, 7) is 3.66. The summed E-state index contributed by atoms with van der Waals surface area (Å²) in [6.07, 6.45) is 4.19. The summed E-state index contributed by atoms with van der Waals surface area (Å²) in [4.78, 5) is 10.7. The van der Waals surface area contributed by atoms with Gasteiger partial charge in [0.15, 0.2) is 0 Å². The third-order valence-electron chi connectivity index (χ3n) is 3.51. The van der Waals surface area contributed by atoms with Crippen LogP contribution in [0.5, 0.6) is 0 Å². The predicted octanol–water partition coefficient (Wildman–Crippen LogP) is 1.74. The van der Waals surface area contributed by atoms with Crippen molar-refractivity contribution in [1.82, 2.24) is 4.72 Å². The molecular weight excluding hydrogens is 254 g/mol. The van der Waals surface area contributed by atoms with Crippen LogP contribution in [0.1, 0.15) is 52.4 Å². The molecule has 0 aromatic heterocycles. The van der Waals surface area contributed by atoms with Crippen molar-refractivity contribution in [2.24, 2.45) is 5.92 Å². The Morgan fingerprint density at radius 3 is 2.28 bits per heavy atom. The number of hydrogen-bond acceptors (Lipinski definition) is 3. The van der Waals surface area contributed by atoms with E-state index in [2.05, 4.69) is 4.72 Å². The molecule has 0 saturated heterocycles. The van der Waals surface area contributed by atoms with Gasteiger partial charge in [-0.3, -0.25) is 4.79 Å². The van der Waals surface area contributed by atoms with E-state index in [1.165, 1.54) is 0 Å². The highest BCUT2D eigenvalue weighted by Crippen LogP contribution is 2.24. The molecule has 0 spiro atoms. The van der Waals surface area contributed by atoms with Gasteiger partial charge in [-0.05, 0) is 18.8 Å². The van der Waals surface area contributed by atoms with Crippen LogP contribution in [0.4, 0.5) is 0 Å². The standard InChI is InChI=1S/C12H23NO4S/c1-9(2)11(8-12(14)15)13-18(16,17)10-6-4-3-5-7-10/h9-11,13H,3-8H2,1-2H3,(H,14,15). The van der Waals surface area contributed by atoms with Gasteiger partial charge in [0.25, 0.3) is 0 Å². The molecule has 1 aliphatic carbocycles. The number of nitrogens with one attached hydrogen (secondary N) is 1. The van der Waals surface area contributed by atoms with Crippen molar-refractivity contribution in [3.05, 3.63) is 0 Å².